The van der Waals surface area contributed by atoms with Gasteiger partial charge in [-0.2, -0.15) is 0 Å². The fourth-order valence-corrected chi connectivity index (χ4v) is 2.37. The molecular weight excluding hydrogens is 310 g/mol. The second-order valence-electron chi connectivity index (χ2n) is 4.11. The summed E-state index contributed by atoms with van der Waals surface area (Å²) in [6, 6.07) is 5.62. The molecule has 0 spiro atoms. The lowest BCUT2D eigenvalue weighted by molar-refractivity contribution is 0.174. The number of ether oxygens (including phenoxy) is 2. The summed E-state index contributed by atoms with van der Waals surface area (Å²) in [5.41, 5.74) is 7.64. The van der Waals surface area contributed by atoms with Crippen molar-refractivity contribution >= 4 is 21.7 Å². The van der Waals surface area contributed by atoms with Crippen molar-refractivity contribution in [3.8, 4) is 22.9 Å². The Balaban J connectivity index is 2.09. The van der Waals surface area contributed by atoms with E-state index in [0.29, 0.717) is 17.4 Å². The van der Waals surface area contributed by atoms with Crippen LogP contribution in [-0.4, -0.2) is 16.8 Å². The lowest BCUT2D eigenvalue weighted by Gasteiger charge is -2.08. The van der Waals surface area contributed by atoms with E-state index in [1.165, 1.54) is 0 Å². The van der Waals surface area contributed by atoms with Gasteiger partial charge < -0.3 is 15.2 Å². The van der Waals surface area contributed by atoms with E-state index in [2.05, 4.69) is 25.9 Å². The fourth-order valence-electron chi connectivity index (χ4n) is 1.91. The molecule has 0 unspecified atom stereocenters. The lowest BCUT2D eigenvalue weighted by Crippen LogP contribution is -2.02. The summed E-state index contributed by atoms with van der Waals surface area (Å²) in [6.07, 6.45) is 0.783. The highest BCUT2D eigenvalue weighted by molar-refractivity contribution is 9.10. The average molecular weight is 322 g/mol. The number of nitrogens with two attached hydrogens (primary N) is 1. The minimum atomic E-state index is 0.252. The zero-order valence-corrected chi connectivity index (χ0v) is 11.9. The van der Waals surface area contributed by atoms with Crippen molar-refractivity contribution < 1.29 is 9.47 Å². The Kier molecular flexibility index (Phi) is 3.02. The molecule has 0 atom stereocenters. The van der Waals surface area contributed by atoms with Crippen molar-refractivity contribution in [2.75, 3.05) is 12.5 Å². The number of aromatic nitrogens is 2. The minimum Gasteiger partial charge on any atom is -0.454 e. The molecule has 0 fully saturated rings. The highest BCUT2D eigenvalue weighted by atomic mass is 79.9. The lowest BCUT2D eigenvalue weighted by atomic mass is 10.2. The molecule has 19 heavy (non-hydrogen) atoms. The highest BCUT2D eigenvalue weighted by Crippen LogP contribution is 2.35. The molecule has 5 nitrogen and oxygen atoms in total. The number of hydrogen-bond donors (Lipinski definition) is 1. The number of aryl methyl sites for hydroxylation is 1. The number of benzene rings is 1. The molecule has 0 amide bonds. The van der Waals surface area contributed by atoms with Crippen molar-refractivity contribution in [1.29, 1.82) is 0 Å². The second kappa shape index (κ2) is 4.70. The average Bonchev–Trinajstić information content (AvgIpc) is 2.89. The van der Waals surface area contributed by atoms with Crippen molar-refractivity contribution in [2.45, 2.75) is 13.3 Å². The Hall–Kier alpha value is -1.82. The van der Waals surface area contributed by atoms with Gasteiger partial charge in [0.1, 0.15) is 5.82 Å². The molecule has 2 N–H and O–H groups in total. The van der Waals surface area contributed by atoms with Crippen LogP contribution in [0.5, 0.6) is 11.5 Å². The van der Waals surface area contributed by atoms with E-state index in [4.69, 9.17) is 15.2 Å². The van der Waals surface area contributed by atoms with Crippen molar-refractivity contribution in [3.05, 3.63) is 28.4 Å². The summed E-state index contributed by atoms with van der Waals surface area (Å²) in [4.78, 5) is 8.81. The number of rotatable bonds is 2. The summed E-state index contributed by atoms with van der Waals surface area (Å²) in [6.45, 7) is 2.28. The number of nitrogen functional groups attached to an aromatic ring is 1. The maximum atomic E-state index is 5.89. The quantitative estimate of drug-likeness (QED) is 0.921. The zero-order chi connectivity index (χ0) is 13.4. The van der Waals surface area contributed by atoms with Gasteiger partial charge in [-0.05, 0) is 40.5 Å². The van der Waals surface area contributed by atoms with Gasteiger partial charge in [0.15, 0.2) is 17.3 Å². The first-order valence-electron chi connectivity index (χ1n) is 5.91. The summed E-state index contributed by atoms with van der Waals surface area (Å²) in [7, 11) is 0. The van der Waals surface area contributed by atoms with Gasteiger partial charge in [0.2, 0.25) is 6.79 Å². The van der Waals surface area contributed by atoms with Gasteiger partial charge in [-0.3, -0.25) is 0 Å². The van der Waals surface area contributed by atoms with Crippen molar-refractivity contribution in [3.63, 3.8) is 0 Å². The van der Waals surface area contributed by atoms with Crippen LogP contribution in [0.2, 0.25) is 0 Å². The predicted octanol–water partition coefficient (Wildman–Crippen LogP) is 2.78. The van der Waals surface area contributed by atoms with Crippen LogP contribution in [0.4, 0.5) is 5.82 Å². The van der Waals surface area contributed by atoms with Crippen LogP contribution >= 0.6 is 15.9 Å². The molecule has 98 valence electrons. The topological polar surface area (TPSA) is 70.3 Å². The predicted molar refractivity (Wildman–Crippen MR) is 75.1 cm³/mol. The van der Waals surface area contributed by atoms with Gasteiger partial charge in [0.25, 0.3) is 0 Å². The Morgan fingerprint density at radius 3 is 2.84 bits per heavy atom. The molecule has 1 aromatic carbocycles. The number of fused-ring (bicyclic) bond motifs is 1. The molecular formula is C13H12BrN3O2. The van der Waals surface area contributed by atoms with E-state index >= 15 is 0 Å². The van der Waals surface area contributed by atoms with E-state index in [1.54, 1.807) is 0 Å². The molecule has 1 aliphatic heterocycles. The summed E-state index contributed by atoms with van der Waals surface area (Å²) in [5, 5.41) is 0. The van der Waals surface area contributed by atoms with Crippen LogP contribution in [0.25, 0.3) is 11.4 Å². The Morgan fingerprint density at radius 2 is 2.05 bits per heavy atom. The van der Waals surface area contributed by atoms with Crippen LogP contribution in [0.3, 0.4) is 0 Å². The van der Waals surface area contributed by atoms with Gasteiger partial charge in [-0.15, -0.1) is 0 Å². The fraction of sp³-hybridized carbons (Fsp3) is 0.231. The highest BCUT2D eigenvalue weighted by Gasteiger charge is 2.16. The van der Waals surface area contributed by atoms with Gasteiger partial charge in [-0.25, -0.2) is 9.97 Å². The molecule has 0 radical (unpaired) electrons. The Morgan fingerprint density at radius 1 is 1.26 bits per heavy atom. The second-order valence-corrected chi connectivity index (χ2v) is 4.91. The molecule has 6 heteroatoms. The third-order valence-corrected chi connectivity index (χ3v) is 3.78. The first kappa shape index (κ1) is 12.2. The molecule has 0 aliphatic carbocycles. The van der Waals surface area contributed by atoms with Gasteiger partial charge in [0.05, 0.1) is 10.2 Å². The smallest absolute Gasteiger partial charge is 0.231 e. The van der Waals surface area contributed by atoms with Crippen LogP contribution in [0.15, 0.2) is 22.7 Å². The number of halogens is 1. The van der Waals surface area contributed by atoms with E-state index in [0.717, 1.165) is 27.9 Å². The van der Waals surface area contributed by atoms with E-state index in [9.17, 15) is 0 Å². The third-order valence-electron chi connectivity index (χ3n) is 2.91. The molecule has 0 saturated carbocycles. The van der Waals surface area contributed by atoms with Crippen LogP contribution < -0.4 is 15.2 Å². The maximum Gasteiger partial charge on any atom is 0.231 e. The molecule has 3 rings (SSSR count). The molecule has 0 saturated heterocycles. The Labute approximate surface area is 118 Å². The van der Waals surface area contributed by atoms with Crippen LogP contribution in [0.1, 0.15) is 12.6 Å². The van der Waals surface area contributed by atoms with E-state index in [-0.39, 0.29) is 6.79 Å². The van der Waals surface area contributed by atoms with E-state index in [1.807, 2.05) is 25.1 Å². The monoisotopic (exact) mass is 321 g/mol. The summed E-state index contributed by atoms with van der Waals surface area (Å²) >= 11 is 3.40. The number of nitrogens with zero attached hydrogens (tertiary/aromatic N) is 2. The minimum absolute atomic E-state index is 0.252. The normalized spacial score (nSPS) is 12.7. The molecule has 2 aromatic rings. The largest absolute Gasteiger partial charge is 0.454 e. The third kappa shape index (κ3) is 2.12. The molecule has 0 bridgehead atoms. The molecule has 1 aromatic heterocycles. The van der Waals surface area contributed by atoms with Crippen molar-refractivity contribution in [1.82, 2.24) is 9.97 Å². The standard InChI is InChI=1S/C13H12BrN3O2/c1-2-8-11(14)12(15)17-13(16-8)7-3-4-9-10(5-7)19-6-18-9/h3-5H,2,6H2,1H3,(H2,15,16,17). The van der Waals surface area contributed by atoms with Gasteiger partial charge in [0, 0.05) is 5.56 Å². The molecule has 1 aliphatic rings. The summed E-state index contributed by atoms with van der Waals surface area (Å²) < 4.78 is 11.4. The van der Waals surface area contributed by atoms with Crippen molar-refractivity contribution in [2.24, 2.45) is 0 Å². The van der Waals surface area contributed by atoms with Gasteiger partial charge in [-0.1, -0.05) is 6.92 Å². The zero-order valence-electron chi connectivity index (χ0n) is 10.3. The van der Waals surface area contributed by atoms with Crippen LogP contribution in [-0.2, 0) is 6.42 Å². The molecule has 2 heterocycles. The Bertz CT molecular complexity index is 646. The van der Waals surface area contributed by atoms with Gasteiger partial charge >= 0.3 is 0 Å². The SMILES string of the molecule is CCc1nc(-c2ccc3c(c2)OCO3)nc(N)c1Br. The number of hydrogen-bond acceptors (Lipinski definition) is 5. The maximum absolute atomic E-state index is 5.89. The first-order chi connectivity index (χ1) is 9.19. The number of anilines is 1. The first-order valence-corrected chi connectivity index (χ1v) is 6.70. The van der Waals surface area contributed by atoms with E-state index < -0.39 is 0 Å². The summed E-state index contributed by atoms with van der Waals surface area (Å²) in [5.74, 6) is 2.49. The van der Waals surface area contributed by atoms with Crippen LogP contribution in [0, 0.1) is 0 Å².